The molecule has 2 aliphatic carbocycles. The van der Waals surface area contributed by atoms with Gasteiger partial charge in [-0.15, -0.1) is 0 Å². The molecule has 4 nitrogen and oxygen atoms in total. The summed E-state index contributed by atoms with van der Waals surface area (Å²) in [5.41, 5.74) is -0.450. The molecule has 0 aromatic heterocycles. The zero-order valence-corrected chi connectivity index (χ0v) is 13.1. The van der Waals surface area contributed by atoms with Gasteiger partial charge >= 0.3 is 5.97 Å². The van der Waals surface area contributed by atoms with Crippen LogP contribution in [0.5, 0.6) is 0 Å². The van der Waals surface area contributed by atoms with Gasteiger partial charge in [0.2, 0.25) is 0 Å². The van der Waals surface area contributed by atoms with Crippen LogP contribution < -0.4 is 5.32 Å². The van der Waals surface area contributed by atoms with Gasteiger partial charge in [-0.05, 0) is 51.4 Å². The van der Waals surface area contributed by atoms with E-state index in [4.69, 9.17) is 9.47 Å². The zero-order valence-electron chi connectivity index (χ0n) is 13.1. The molecule has 0 saturated heterocycles. The summed E-state index contributed by atoms with van der Waals surface area (Å²) in [6.45, 7) is 4.98. The summed E-state index contributed by atoms with van der Waals surface area (Å²) in [4.78, 5) is 12.3. The first kappa shape index (κ1) is 15.8. The predicted molar refractivity (Wildman–Crippen MR) is 78.6 cm³/mol. The van der Waals surface area contributed by atoms with Gasteiger partial charge in [0.05, 0.1) is 13.2 Å². The van der Waals surface area contributed by atoms with Gasteiger partial charge in [0.1, 0.15) is 5.54 Å². The molecule has 0 bridgehead atoms. The molecule has 2 aliphatic rings. The van der Waals surface area contributed by atoms with Crippen LogP contribution in [0.25, 0.3) is 0 Å². The van der Waals surface area contributed by atoms with Crippen LogP contribution in [-0.4, -0.2) is 37.4 Å². The molecule has 1 N–H and O–H groups in total. The number of ether oxygens (including phenoxy) is 2. The number of hydrogen-bond acceptors (Lipinski definition) is 4. The molecule has 20 heavy (non-hydrogen) atoms. The molecule has 2 saturated carbocycles. The van der Waals surface area contributed by atoms with Crippen molar-refractivity contribution in [3.8, 4) is 0 Å². The molecule has 0 aromatic carbocycles. The van der Waals surface area contributed by atoms with Crippen molar-refractivity contribution in [2.45, 2.75) is 76.5 Å². The highest BCUT2D eigenvalue weighted by molar-refractivity contribution is 5.81. The van der Waals surface area contributed by atoms with E-state index in [9.17, 15) is 4.79 Å². The molecule has 0 aromatic rings. The Morgan fingerprint density at radius 3 is 2.75 bits per heavy atom. The molecule has 0 radical (unpaired) electrons. The Hall–Kier alpha value is -0.610. The Labute approximate surface area is 122 Å². The lowest BCUT2D eigenvalue weighted by Gasteiger charge is -2.34. The van der Waals surface area contributed by atoms with Gasteiger partial charge in [0.15, 0.2) is 0 Å². The van der Waals surface area contributed by atoms with Gasteiger partial charge in [-0.1, -0.05) is 13.3 Å². The highest BCUT2D eigenvalue weighted by atomic mass is 16.5. The molecule has 3 atom stereocenters. The molecule has 0 spiro atoms. The van der Waals surface area contributed by atoms with Crippen LogP contribution in [-0.2, 0) is 14.3 Å². The van der Waals surface area contributed by atoms with E-state index >= 15 is 0 Å². The van der Waals surface area contributed by atoms with Crippen LogP contribution in [0.2, 0.25) is 0 Å². The van der Waals surface area contributed by atoms with Gasteiger partial charge in [-0.2, -0.15) is 0 Å². The second-order valence-corrected chi connectivity index (χ2v) is 6.35. The lowest BCUT2D eigenvalue weighted by molar-refractivity contribution is -0.151. The Morgan fingerprint density at radius 2 is 2.15 bits per heavy atom. The van der Waals surface area contributed by atoms with E-state index in [1.807, 2.05) is 0 Å². The van der Waals surface area contributed by atoms with E-state index in [0.29, 0.717) is 18.1 Å². The number of carbonyl (C=O) groups is 1. The van der Waals surface area contributed by atoms with Crippen molar-refractivity contribution in [3.63, 3.8) is 0 Å². The minimum atomic E-state index is -0.450. The molecule has 3 unspecified atom stereocenters. The van der Waals surface area contributed by atoms with Crippen LogP contribution in [0.4, 0.5) is 0 Å². The summed E-state index contributed by atoms with van der Waals surface area (Å²) in [5, 5.41) is 3.59. The third-order valence-electron chi connectivity index (χ3n) is 4.85. The summed E-state index contributed by atoms with van der Waals surface area (Å²) < 4.78 is 10.9. The standard InChI is InChI=1S/C16H29NO3/c1-4-12(2)20-11-9-13-6-5-10-16(13,15(18)19-3)17-14-7-8-14/h12-14,17H,4-11H2,1-3H3. The second kappa shape index (κ2) is 6.90. The Kier molecular flexibility index (Phi) is 5.44. The summed E-state index contributed by atoms with van der Waals surface area (Å²) in [6, 6.07) is 0.519. The van der Waals surface area contributed by atoms with E-state index in [1.54, 1.807) is 0 Å². The zero-order chi connectivity index (χ0) is 14.6. The first-order valence-corrected chi connectivity index (χ1v) is 8.10. The number of hydrogen-bond donors (Lipinski definition) is 1. The van der Waals surface area contributed by atoms with E-state index in [-0.39, 0.29) is 5.97 Å². The van der Waals surface area contributed by atoms with Gasteiger partial charge < -0.3 is 9.47 Å². The minimum absolute atomic E-state index is 0.0737. The molecule has 2 fully saturated rings. The molecule has 0 amide bonds. The molecule has 4 heteroatoms. The Morgan fingerprint density at radius 1 is 1.40 bits per heavy atom. The molecule has 0 heterocycles. The molecule has 116 valence electrons. The highest BCUT2D eigenvalue weighted by Gasteiger charge is 2.51. The lowest BCUT2D eigenvalue weighted by Crippen LogP contribution is -2.56. The van der Waals surface area contributed by atoms with Crippen molar-refractivity contribution in [1.82, 2.24) is 5.32 Å². The SMILES string of the molecule is CCC(C)OCCC1CCCC1(NC1CC1)C(=O)OC. The maximum atomic E-state index is 12.3. The van der Waals surface area contributed by atoms with Crippen molar-refractivity contribution in [1.29, 1.82) is 0 Å². The van der Waals surface area contributed by atoms with Crippen molar-refractivity contribution in [3.05, 3.63) is 0 Å². The third-order valence-corrected chi connectivity index (χ3v) is 4.85. The second-order valence-electron chi connectivity index (χ2n) is 6.35. The van der Waals surface area contributed by atoms with Crippen LogP contribution in [0.15, 0.2) is 0 Å². The fraction of sp³-hybridized carbons (Fsp3) is 0.938. The molecular formula is C16H29NO3. The smallest absolute Gasteiger partial charge is 0.326 e. The fourth-order valence-corrected chi connectivity index (χ4v) is 3.29. The monoisotopic (exact) mass is 283 g/mol. The van der Waals surface area contributed by atoms with Crippen molar-refractivity contribution >= 4 is 5.97 Å². The molecule has 2 rings (SSSR count). The Bertz CT molecular complexity index is 330. The van der Waals surface area contributed by atoms with Gasteiger partial charge in [-0.25, -0.2) is 0 Å². The van der Waals surface area contributed by atoms with E-state index in [0.717, 1.165) is 38.7 Å². The van der Waals surface area contributed by atoms with Crippen LogP contribution in [0.1, 0.15) is 58.8 Å². The summed E-state index contributed by atoms with van der Waals surface area (Å²) in [6.07, 6.45) is 7.77. The topological polar surface area (TPSA) is 47.6 Å². The summed E-state index contributed by atoms with van der Waals surface area (Å²) >= 11 is 0. The quantitative estimate of drug-likeness (QED) is 0.696. The predicted octanol–water partition coefficient (Wildman–Crippen LogP) is 2.66. The van der Waals surface area contributed by atoms with Crippen LogP contribution in [0.3, 0.4) is 0 Å². The fourth-order valence-electron chi connectivity index (χ4n) is 3.29. The lowest BCUT2D eigenvalue weighted by atomic mass is 9.84. The van der Waals surface area contributed by atoms with Crippen molar-refractivity contribution in [2.75, 3.05) is 13.7 Å². The van der Waals surface area contributed by atoms with Gasteiger partial charge in [-0.3, -0.25) is 10.1 Å². The summed E-state index contributed by atoms with van der Waals surface area (Å²) in [5.74, 6) is 0.273. The number of methoxy groups -OCH3 is 1. The number of rotatable bonds is 8. The largest absolute Gasteiger partial charge is 0.468 e. The van der Waals surface area contributed by atoms with E-state index in [1.165, 1.54) is 20.0 Å². The summed E-state index contributed by atoms with van der Waals surface area (Å²) in [7, 11) is 1.50. The van der Waals surface area contributed by atoms with Crippen LogP contribution in [0, 0.1) is 5.92 Å². The first-order chi connectivity index (χ1) is 9.62. The van der Waals surface area contributed by atoms with E-state index in [2.05, 4.69) is 19.2 Å². The number of nitrogens with one attached hydrogen (secondary N) is 1. The minimum Gasteiger partial charge on any atom is -0.468 e. The van der Waals surface area contributed by atoms with Gasteiger partial charge in [0, 0.05) is 12.6 Å². The van der Waals surface area contributed by atoms with E-state index < -0.39 is 5.54 Å². The highest BCUT2D eigenvalue weighted by Crippen LogP contribution is 2.41. The molecule has 0 aliphatic heterocycles. The molecular weight excluding hydrogens is 254 g/mol. The van der Waals surface area contributed by atoms with Crippen molar-refractivity contribution in [2.24, 2.45) is 5.92 Å². The first-order valence-electron chi connectivity index (χ1n) is 8.10. The maximum Gasteiger partial charge on any atom is 0.326 e. The normalized spacial score (nSPS) is 31.2. The van der Waals surface area contributed by atoms with Crippen molar-refractivity contribution < 1.29 is 14.3 Å². The average molecular weight is 283 g/mol. The third kappa shape index (κ3) is 3.53. The van der Waals surface area contributed by atoms with Crippen LogP contribution >= 0.6 is 0 Å². The number of esters is 1. The average Bonchev–Trinajstić information content (AvgIpc) is 3.18. The number of carbonyl (C=O) groups excluding carboxylic acids is 1. The maximum absolute atomic E-state index is 12.3. The Balaban J connectivity index is 1.95. The van der Waals surface area contributed by atoms with Gasteiger partial charge in [0.25, 0.3) is 0 Å².